The zero-order valence-corrected chi connectivity index (χ0v) is 19.3. The molecule has 1 atom stereocenters. The van der Waals surface area contributed by atoms with Crippen LogP contribution in [-0.4, -0.2) is 40.4 Å². The molecule has 0 radical (unpaired) electrons. The third kappa shape index (κ3) is 7.54. The Morgan fingerprint density at radius 2 is 1.27 bits per heavy atom. The van der Waals surface area contributed by atoms with Crippen LogP contribution in [0.3, 0.4) is 0 Å². The molecule has 2 N–H and O–H groups in total. The van der Waals surface area contributed by atoms with Crippen molar-refractivity contribution >= 4 is 6.09 Å². The van der Waals surface area contributed by atoms with E-state index in [-0.39, 0.29) is 12.0 Å². The highest BCUT2D eigenvalue weighted by atomic mass is 16.5. The van der Waals surface area contributed by atoms with Crippen molar-refractivity contribution in [1.82, 2.24) is 4.90 Å². The number of benzene rings is 3. The molecule has 0 unspecified atom stereocenters. The predicted octanol–water partition coefficient (Wildman–Crippen LogP) is 6.20. The molecule has 0 saturated carbocycles. The van der Waals surface area contributed by atoms with Crippen LogP contribution in [0.4, 0.5) is 4.79 Å². The molecule has 0 aliphatic carbocycles. The van der Waals surface area contributed by atoms with E-state index in [4.69, 9.17) is 9.47 Å². The smallest absolute Gasteiger partial charge is 0.407 e. The van der Waals surface area contributed by atoms with Crippen molar-refractivity contribution in [3.63, 3.8) is 0 Å². The molecule has 174 valence electrons. The van der Waals surface area contributed by atoms with Crippen molar-refractivity contribution in [2.24, 2.45) is 5.41 Å². The lowest BCUT2D eigenvalue weighted by molar-refractivity contribution is 0.0771. The van der Waals surface area contributed by atoms with Crippen LogP contribution in [0.1, 0.15) is 26.3 Å². The fourth-order valence-corrected chi connectivity index (χ4v) is 3.44. The van der Waals surface area contributed by atoms with Crippen molar-refractivity contribution < 1.29 is 24.5 Å². The maximum atomic E-state index is 11.7. The first-order valence-corrected chi connectivity index (χ1v) is 10.9. The second kappa shape index (κ2) is 10.9. The molecule has 0 fully saturated rings. The minimum Gasteiger partial charge on any atom is -0.465 e. The molecule has 0 heterocycles. The summed E-state index contributed by atoms with van der Waals surface area (Å²) in [6.07, 6.45) is -0.603. The van der Waals surface area contributed by atoms with Crippen LogP contribution < -0.4 is 9.47 Å². The number of amides is 1. The highest BCUT2D eigenvalue weighted by Crippen LogP contribution is 2.27. The van der Waals surface area contributed by atoms with E-state index in [2.05, 4.69) is 0 Å². The summed E-state index contributed by atoms with van der Waals surface area (Å²) in [7, 11) is 0. The van der Waals surface area contributed by atoms with Gasteiger partial charge in [-0.3, -0.25) is 0 Å². The molecule has 0 aliphatic heterocycles. The fraction of sp³-hybridized carbons (Fsp3) is 0.296. The van der Waals surface area contributed by atoms with Crippen LogP contribution in [0, 0.1) is 5.41 Å². The fourth-order valence-electron chi connectivity index (χ4n) is 3.44. The van der Waals surface area contributed by atoms with Gasteiger partial charge in [-0.05, 0) is 65.9 Å². The Hall–Kier alpha value is -3.51. The SMILES string of the molecule is CC(C)(C)CN(C(=O)O)[C@H](CO)Cc1ccc(Oc2ccc(Oc3ccccc3)cc2)cc1. The molecule has 6 heteroatoms. The van der Waals surface area contributed by atoms with Crippen LogP contribution in [0.15, 0.2) is 78.9 Å². The standard InChI is InChI=1S/C27H31NO5/c1-27(2,3)19-28(26(30)31)21(18-29)17-20-9-11-23(12-10-20)33-25-15-13-24(14-16-25)32-22-7-5-4-6-8-22/h4-16,21,29H,17-19H2,1-3H3,(H,30,31)/t21-/m0/s1. The lowest BCUT2D eigenvalue weighted by Gasteiger charge is -2.33. The maximum Gasteiger partial charge on any atom is 0.407 e. The van der Waals surface area contributed by atoms with Gasteiger partial charge >= 0.3 is 6.09 Å². The van der Waals surface area contributed by atoms with Gasteiger partial charge < -0.3 is 24.6 Å². The van der Waals surface area contributed by atoms with Crippen LogP contribution >= 0.6 is 0 Å². The van der Waals surface area contributed by atoms with Gasteiger partial charge in [-0.1, -0.05) is 51.1 Å². The summed E-state index contributed by atoms with van der Waals surface area (Å²) in [4.78, 5) is 13.1. The molecule has 0 spiro atoms. The normalized spacial score (nSPS) is 12.1. The van der Waals surface area contributed by atoms with Gasteiger partial charge in [0.1, 0.15) is 23.0 Å². The topological polar surface area (TPSA) is 79.2 Å². The van der Waals surface area contributed by atoms with E-state index < -0.39 is 12.1 Å². The van der Waals surface area contributed by atoms with Gasteiger partial charge in [0.15, 0.2) is 0 Å². The Bertz CT molecular complexity index is 1010. The third-order valence-electron chi connectivity index (χ3n) is 4.97. The summed E-state index contributed by atoms with van der Waals surface area (Å²) in [6.45, 7) is 6.04. The molecule has 0 aromatic heterocycles. The summed E-state index contributed by atoms with van der Waals surface area (Å²) in [6, 6.07) is 23.9. The summed E-state index contributed by atoms with van der Waals surface area (Å²) in [5.41, 5.74) is 0.721. The Labute approximate surface area is 195 Å². The van der Waals surface area contributed by atoms with E-state index in [1.165, 1.54) is 4.90 Å². The molecule has 6 nitrogen and oxygen atoms in total. The Morgan fingerprint density at radius 3 is 1.70 bits per heavy atom. The lowest BCUT2D eigenvalue weighted by Crippen LogP contribution is -2.47. The molecule has 1 amide bonds. The van der Waals surface area contributed by atoms with Crippen molar-refractivity contribution in [3.8, 4) is 23.0 Å². The summed E-state index contributed by atoms with van der Waals surface area (Å²) >= 11 is 0. The van der Waals surface area contributed by atoms with Crippen molar-refractivity contribution in [2.45, 2.75) is 33.2 Å². The van der Waals surface area contributed by atoms with E-state index in [1.54, 1.807) is 0 Å². The zero-order valence-electron chi connectivity index (χ0n) is 19.3. The summed E-state index contributed by atoms with van der Waals surface area (Å²) in [5.74, 6) is 2.84. The second-order valence-corrected chi connectivity index (χ2v) is 9.14. The highest BCUT2D eigenvalue weighted by molar-refractivity contribution is 5.65. The maximum absolute atomic E-state index is 11.7. The average molecular weight is 450 g/mol. The monoisotopic (exact) mass is 449 g/mol. The third-order valence-corrected chi connectivity index (χ3v) is 4.97. The predicted molar refractivity (Wildman–Crippen MR) is 128 cm³/mol. The number of aliphatic hydroxyl groups is 1. The number of rotatable bonds is 9. The van der Waals surface area contributed by atoms with E-state index in [0.717, 1.165) is 17.1 Å². The quantitative estimate of drug-likeness (QED) is 0.407. The molecule has 3 aromatic rings. The van der Waals surface area contributed by atoms with E-state index >= 15 is 0 Å². The van der Waals surface area contributed by atoms with Crippen LogP contribution in [0.25, 0.3) is 0 Å². The average Bonchev–Trinajstić information content (AvgIpc) is 2.78. The molecule has 3 rings (SSSR count). The van der Waals surface area contributed by atoms with E-state index in [1.807, 2.05) is 99.6 Å². The Balaban J connectivity index is 1.60. The summed E-state index contributed by atoms with van der Waals surface area (Å²) in [5, 5.41) is 19.4. The first kappa shape index (κ1) is 24.1. The zero-order chi connectivity index (χ0) is 23.8. The minimum atomic E-state index is -1.02. The molecular formula is C27H31NO5. The number of carbonyl (C=O) groups is 1. The molecule has 0 aliphatic rings. The number of ether oxygens (including phenoxy) is 2. The number of nitrogens with zero attached hydrogens (tertiary/aromatic N) is 1. The molecule has 33 heavy (non-hydrogen) atoms. The van der Waals surface area contributed by atoms with Crippen molar-refractivity contribution in [2.75, 3.05) is 13.2 Å². The molecule has 0 saturated heterocycles. The summed E-state index contributed by atoms with van der Waals surface area (Å²) < 4.78 is 11.7. The lowest BCUT2D eigenvalue weighted by atomic mass is 9.94. The second-order valence-electron chi connectivity index (χ2n) is 9.14. The van der Waals surface area contributed by atoms with Crippen molar-refractivity contribution in [1.29, 1.82) is 0 Å². The number of aliphatic hydroxyl groups excluding tert-OH is 1. The van der Waals surface area contributed by atoms with Gasteiger partial charge in [0, 0.05) is 6.54 Å². The minimum absolute atomic E-state index is 0.203. The van der Waals surface area contributed by atoms with Gasteiger partial charge in [-0.2, -0.15) is 0 Å². The first-order valence-electron chi connectivity index (χ1n) is 10.9. The van der Waals surface area contributed by atoms with E-state index in [9.17, 15) is 15.0 Å². The van der Waals surface area contributed by atoms with Crippen LogP contribution in [0.5, 0.6) is 23.0 Å². The van der Waals surface area contributed by atoms with Crippen LogP contribution in [0.2, 0.25) is 0 Å². The van der Waals surface area contributed by atoms with Crippen molar-refractivity contribution in [3.05, 3.63) is 84.4 Å². The number of para-hydroxylation sites is 1. The van der Waals surface area contributed by atoms with E-state index in [0.29, 0.717) is 24.5 Å². The molecule has 3 aromatic carbocycles. The number of carboxylic acid groups (broad SMARTS) is 1. The Kier molecular flexibility index (Phi) is 7.96. The molecular weight excluding hydrogens is 418 g/mol. The number of hydrogen-bond donors (Lipinski definition) is 2. The van der Waals surface area contributed by atoms with Gasteiger partial charge in [-0.15, -0.1) is 0 Å². The van der Waals surface area contributed by atoms with Gasteiger partial charge in [0.2, 0.25) is 0 Å². The molecule has 0 bridgehead atoms. The largest absolute Gasteiger partial charge is 0.465 e. The van der Waals surface area contributed by atoms with Crippen LogP contribution in [-0.2, 0) is 6.42 Å². The Morgan fingerprint density at radius 1 is 0.818 bits per heavy atom. The highest BCUT2D eigenvalue weighted by Gasteiger charge is 2.27. The van der Waals surface area contributed by atoms with Gasteiger partial charge in [-0.25, -0.2) is 4.79 Å². The number of hydrogen-bond acceptors (Lipinski definition) is 4. The van der Waals surface area contributed by atoms with Gasteiger partial charge in [0.25, 0.3) is 0 Å². The first-order chi connectivity index (χ1) is 15.7. The van der Waals surface area contributed by atoms with Gasteiger partial charge in [0.05, 0.1) is 12.6 Å².